The maximum atomic E-state index is 10.8. The number of nitrogens with zero attached hydrogens (tertiary/aromatic N) is 2. The smallest absolute Gasteiger partial charge is 0.356 e. The van der Waals surface area contributed by atoms with Gasteiger partial charge in [-0.15, -0.1) is 0 Å². The first kappa shape index (κ1) is 8.96. The van der Waals surface area contributed by atoms with Gasteiger partial charge in [0.1, 0.15) is 12.4 Å². The van der Waals surface area contributed by atoms with Crippen LogP contribution >= 0.6 is 0 Å². The van der Waals surface area contributed by atoms with E-state index in [4.69, 9.17) is 9.84 Å². The van der Waals surface area contributed by atoms with Crippen LogP contribution in [0.2, 0.25) is 0 Å². The van der Waals surface area contributed by atoms with Gasteiger partial charge in [0.2, 0.25) is 0 Å². The Bertz CT molecular complexity index is 574. The van der Waals surface area contributed by atoms with Crippen molar-refractivity contribution < 1.29 is 14.6 Å². The van der Waals surface area contributed by atoms with Crippen molar-refractivity contribution in [3.8, 4) is 11.4 Å². The van der Waals surface area contributed by atoms with Gasteiger partial charge in [0.25, 0.3) is 0 Å². The molecule has 0 radical (unpaired) electrons. The Kier molecular flexibility index (Phi) is 1.73. The standard InChI is InChI=1S/C11H8N2O3/c14-11(15)7-5-13-8-3-1-2-4-9(8)16-6-10(13)12-7/h1-5H,6H2,(H,14,15). The molecule has 1 N–H and O–H groups in total. The molecule has 0 bridgehead atoms. The molecular weight excluding hydrogens is 208 g/mol. The number of hydrogen-bond donors (Lipinski definition) is 1. The fourth-order valence-electron chi connectivity index (χ4n) is 1.75. The molecule has 0 fully saturated rings. The predicted molar refractivity (Wildman–Crippen MR) is 54.9 cm³/mol. The molecule has 0 aliphatic carbocycles. The summed E-state index contributed by atoms with van der Waals surface area (Å²) in [4.78, 5) is 14.8. The highest BCUT2D eigenvalue weighted by molar-refractivity contribution is 5.85. The van der Waals surface area contributed by atoms with E-state index >= 15 is 0 Å². The maximum Gasteiger partial charge on any atom is 0.356 e. The van der Waals surface area contributed by atoms with E-state index in [9.17, 15) is 4.79 Å². The van der Waals surface area contributed by atoms with Crippen molar-refractivity contribution >= 4 is 5.97 Å². The lowest BCUT2D eigenvalue weighted by molar-refractivity contribution is 0.0691. The molecule has 0 unspecified atom stereocenters. The molecule has 1 aliphatic heterocycles. The zero-order chi connectivity index (χ0) is 11.1. The van der Waals surface area contributed by atoms with Crippen LogP contribution in [-0.4, -0.2) is 20.6 Å². The molecule has 1 aliphatic rings. The third-order valence-corrected chi connectivity index (χ3v) is 2.48. The average molecular weight is 216 g/mol. The number of ether oxygens (including phenoxy) is 1. The molecule has 2 heterocycles. The number of carbonyl (C=O) groups is 1. The van der Waals surface area contributed by atoms with Gasteiger partial charge in [0, 0.05) is 6.20 Å². The van der Waals surface area contributed by atoms with E-state index in [1.165, 1.54) is 6.20 Å². The average Bonchev–Trinajstić information content (AvgIpc) is 2.73. The lowest BCUT2D eigenvalue weighted by atomic mass is 10.2. The SMILES string of the molecule is O=C(O)c1cn2c(n1)COc1ccccc1-2. The van der Waals surface area contributed by atoms with E-state index in [0.29, 0.717) is 12.4 Å². The minimum atomic E-state index is -1.03. The Morgan fingerprint density at radius 1 is 1.44 bits per heavy atom. The van der Waals surface area contributed by atoms with Crippen LogP contribution in [0, 0.1) is 0 Å². The summed E-state index contributed by atoms with van der Waals surface area (Å²) in [6, 6.07) is 7.46. The van der Waals surface area contributed by atoms with Crippen molar-refractivity contribution in [2.75, 3.05) is 0 Å². The van der Waals surface area contributed by atoms with E-state index in [1.807, 2.05) is 24.3 Å². The number of aromatic nitrogens is 2. The van der Waals surface area contributed by atoms with Gasteiger partial charge in [-0.1, -0.05) is 12.1 Å². The van der Waals surface area contributed by atoms with Crippen LogP contribution in [-0.2, 0) is 6.61 Å². The minimum absolute atomic E-state index is 0.0373. The van der Waals surface area contributed by atoms with E-state index in [2.05, 4.69) is 4.98 Å². The van der Waals surface area contributed by atoms with Gasteiger partial charge in [-0.3, -0.25) is 4.57 Å². The first-order valence-corrected chi connectivity index (χ1v) is 4.79. The summed E-state index contributed by atoms with van der Waals surface area (Å²) in [5.41, 5.74) is 0.860. The molecular formula is C11H8N2O3. The third kappa shape index (κ3) is 1.18. The van der Waals surface area contributed by atoms with E-state index in [1.54, 1.807) is 4.57 Å². The monoisotopic (exact) mass is 216 g/mol. The van der Waals surface area contributed by atoms with Crippen LogP contribution in [0.5, 0.6) is 5.75 Å². The lowest BCUT2D eigenvalue weighted by Crippen LogP contribution is -2.12. The predicted octanol–water partition coefficient (Wildman–Crippen LogP) is 1.46. The second kappa shape index (κ2) is 3.10. The molecule has 3 rings (SSSR count). The highest BCUT2D eigenvalue weighted by Gasteiger charge is 2.20. The quantitative estimate of drug-likeness (QED) is 0.783. The Morgan fingerprint density at radius 3 is 3.06 bits per heavy atom. The van der Waals surface area contributed by atoms with Crippen molar-refractivity contribution in [1.82, 2.24) is 9.55 Å². The first-order chi connectivity index (χ1) is 7.75. The molecule has 0 saturated carbocycles. The summed E-state index contributed by atoms with van der Waals surface area (Å²) >= 11 is 0. The second-order valence-corrected chi connectivity index (χ2v) is 3.47. The van der Waals surface area contributed by atoms with Crippen LogP contribution in [0.25, 0.3) is 5.69 Å². The number of fused-ring (bicyclic) bond motifs is 3. The van der Waals surface area contributed by atoms with Crippen molar-refractivity contribution in [3.63, 3.8) is 0 Å². The Balaban J connectivity index is 2.20. The number of imidazole rings is 1. The van der Waals surface area contributed by atoms with Crippen LogP contribution in [0.4, 0.5) is 0 Å². The van der Waals surface area contributed by atoms with Crippen LogP contribution in [0.1, 0.15) is 16.3 Å². The largest absolute Gasteiger partial charge is 0.483 e. The van der Waals surface area contributed by atoms with Gasteiger partial charge in [-0.25, -0.2) is 9.78 Å². The molecule has 1 aromatic carbocycles. The number of benzene rings is 1. The van der Waals surface area contributed by atoms with Gasteiger partial charge in [0.15, 0.2) is 11.5 Å². The van der Waals surface area contributed by atoms with Gasteiger partial charge in [-0.05, 0) is 12.1 Å². The van der Waals surface area contributed by atoms with Crippen LogP contribution in [0.3, 0.4) is 0 Å². The molecule has 16 heavy (non-hydrogen) atoms. The Labute approximate surface area is 90.9 Å². The number of rotatable bonds is 1. The first-order valence-electron chi connectivity index (χ1n) is 4.79. The summed E-state index contributed by atoms with van der Waals surface area (Å²) in [5, 5.41) is 8.87. The minimum Gasteiger partial charge on any atom is -0.483 e. The number of aromatic carboxylic acids is 1. The Hall–Kier alpha value is -2.30. The maximum absolute atomic E-state index is 10.8. The summed E-state index contributed by atoms with van der Waals surface area (Å²) in [6.07, 6.45) is 1.51. The van der Waals surface area contributed by atoms with Crippen LogP contribution < -0.4 is 4.74 Å². The fraction of sp³-hybridized carbons (Fsp3) is 0.0909. The molecule has 0 spiro atoms. The highest BCUT2D eigenvalue weighted by Crippen LogP contribution is 2.29. The molecule has 5 heteroatoms. The highest BCUT2D eigenvalue weighted by atomic mass is 16.5. The fourth-order valence-corrected chi connectivity index (χ4v) is 1.75. The van der Waals surface area contributed by atoms with Crippen molar-refractivity contribution in [1.29, 1.82) is 0 Å². The summed E-state index contributed by atoms with van der Waals surface area (Å²) in [6.45, 7) is 0.296. The van der Waals surface area contributed by atoms with Gasteiger partial charge < -0.3 is 9.84 Å². The molecule has 5 nitrogen and oxygen atoms in total. The molecule has 0 atom stereocenters. The summed E-state index contributed by atoms with van der Waals surface area (Å²) < 4.78 is 7.22. The van der Waals surface area contributed by atoms with Gasteiger partial charge in [-0.2, -0.15) is 0 Å². The van der Waals surface area contributed by atoms with Gasteiger partial charge >= 0.3 is 5.97 Å². The van der Waals surface area contributed by atoms with E-state index < -0.39 is 5.97 Å². The summed E-state index contributed by atoms with van der Waals surface area (Å²) in [7, 11) is 0. The summed E-state index contributed by atoms with van der Waals surface area (Å²) in [5.74, 6) is 0.319. The molecule has 0 saturated heterocycles. The molecule has 0 amide bonds. The lowest BCUT2D eigenvalue weighted by Gasteiger charge is -2.18. The number of para-hydroxylation sites is 2. The number of carboxylic acid groups (broad SMARTS) is 1. The zero-order valence-electron chi connectivity index (χ0n) is 8.25. The van der Waals surface area contributed by atoms with E-state index in [0.717, 1.165) is 11.4 Å². The van der Waals surface area contributed by atoms with E-state index in [-0.39, 0.29) is 5.69 Å². The number of carboxylic acids is 1. The third-order valence-electron chi connectivity index (χ3n) is 2.48. The van der Waals surface area contributed by atoms with Gasteiger partial charge in [0.05, 0.1) is 5.69 Å². The topological polar surface area (TPSA) is 64.3 Å². The van der Waals surface area contributed by atoms with Crippen molar-refractivity contribution in [2.45, 2.75) is 6.61 Å². The van der Waals surface area contributed by atoms with Crippen molar-refractivity contribution in [3.05, 3.63) is 42.0 Å². The molecule has 80 valence electrons. The second-order valence-electron chi connectivity index (χ2n) is 3.47. The zero-order valence-corrected chi connectivity index (χ0v) is 8.25. The number of hydrogen-bond acceptors (Lipinski definition) is 3. The normalized spacial score (nSPS) is 12.5. The van der Waals surface area contributed by atoms with Crippen LogP contribution in [0.15, 0.2) is 30.5 Å². The molecule has 2 aromatic rings. The van der Waals surface area contributed by atoms with Crippen molar-refractivity contribution in [2.24, 2.45) is 0 Å². The Morgan fingerprint density at radius 2 is 2.25 bits per heavy atom. The molecule has 1 aromatic heterocycles.